The first-order chi connectivity index (χ1) is 13.7. The summed E-state index contributed by atoms with van der Waals surface area (Å²) in [5.74, 6) is -0.873. The number of hydrogen-bond acceptors (Lipinski definition) is 11. The molecule has 0 spiro atoms. The predicted octanol–water partition coefficient (Wildman–Crippen LogP) is -3.84. The topological polar surface area (TPSA) is 205 Å². The van der Waals surface area contributed by atoms with Gasteiger partial charge in [0.05, 0.1) is 12.6 Å². The van der Waals surface area contributed by atoms with Gasteiger partial charge in [0.15, 0.2) is 0 Å². The Morgan fingerprint density at radius 3 is 2.76 bits per heavy atom. The average molecular weight is 436 g/mol. The highest BCUT2D eigenvalue weighted by atomic mass is 32.3. The van der Waals surface area contributed by atoms with Gasteiger partial charge in [-0.3, -0.25) is 30.0 Å². The summed E-state index contributed by atoms with van der Waals surface area (Å²) in [5.41, 5.74) is 9.44. The Morgan fingerprint density at radius 2 is 2.07 bits per heavy atom. The van der Waals surface area contributed by atoms with Crippen molar-refractivity contribution < 1.29 is 36.7 Å². The summed E-state index contributed by atoms with van der Waals surface area (Å²) in [6.45, 7) is -0.357. The number of nitrogens with one attached hydrogen (secondary N) is 4. The maximum atomic E-state index is 12.4. The highest BCUT2D eigenvalue weighted by Crippen LogP contribution is 2.30. The zero-order valence-electron chi connectivity index (χ0n) is 14.9. The lowest BCUT2D eigenvalue weighted by atomic mass is 10.0. The van der Waals surface area contributed by atoms with Crippen LogP contribution in [0.5, 0.6) is 0 Å². The maximum Gasteiger partial charge on any atom is 0.418 e. The van der Waals surface area contributed by atoms with Crippen molar-refractivity contribution in [3.63, 3.8) is 0 Å². The lowest BCUT2D eigenvalue weighted by Gasteiger charge is -2.29. The summed E-state index contributed by atoms with van der Waals surface area (Å²) in [4.78, 5) is 37.8. The van der Waals surface area contributed by atoms with E-state index in [0.717, 1.165) is 4.90 Å². The number of fused-ring (bicyclic) bond motifs is 2. The average Bonchev–Trinajstić information content (AvgIpc) is 3.17. The number of hydrazone groups is 1. The number of hydrazine groups is 3. The fourth-order valence-electron chi connectivity index (χ4n) is 3.20. The Labute approximate surface area is 164 Å². The number of hydroxylamine groups is 2. The van der Waals surface area contributed by atoms with Crippen LogP contribution in [0.3, 0.4) is 0 Å². The van der Waals surface area contributed by atoms with Crippen LogP contribution in [0, 0.1) is 0 Å². The van der Waals surface area contributed by atoms with Crippen molar-refractivity contribution in [2.75, 3.05) is 19.7 Å². The SMILES string of the molecule is O=C(CN1NNN=C1CCO)NNC(=O)C1CCC2CN1C(=O)N2OS(=O)(=O)O. The Kier molecular flexibility index (Phi) is 6.03. The minimum absolute atomic E-state index is 0.0325. The lowest BCUT2D eigenvalue weighted by Crippen LogP contribution is -2.56. The molecule has 6 N–H and O–H groups in total. The van der Waals surface area contributed by atoms with Crippen LogP contribution in [0.25, 0.3) is 0 Å². The van der Waals surface area contributed by atoms with Crippen molar-refractivity contribution >= 4 is 34.1 Å². The normalized spacial score (nSPS) is 23.7. The van der Waals surface area contributed by atoms with E-state index in [9.17, 15) is 22.8 Å². The summed E-state index contributed by atoms with van der Waals surface area (Å²) >= 11 is 0. The third-order valence-electron chi connectivity index (χ3n) is 4.44. The molecule has 2 fully saturated rings. The number of hydrogen-bond donors (Lipinski definition) is 6. The number of piperidine rings is 1. The van der Waals surface area contributed by atoms with Crippen LogP contribution in [0.15, 0.2) is 5.10 Å². The van der Waals surface area contributed by atoms with Crippen molar-refractivity contribution in [1.29, 1.82) is 0 Å². The van der Waals surface area contributed by atoms with Crippen LogP contribution in [0.1, 0.15) is 19.3 Å². The van der Waals surface area contributed by atoms with Crippen LogP contribution >= 0.6 is 0 Å². The monoisotopic (exact) mass is 436 g/mol. The molecule has 0 aromatic carbocycles. The first kappa shape index (κ1) is 21.0. The van der Waals surface area contributed by atoms with Gasteiger partial charge >= 0.3 is 16.4 Å². The number of aliphatic hydroxyl groups excluding tert-OH is 1. The molecule has 16 nitrogen and oxygen atoms in total. The van der Waals surface area contributed by atoms with Crippen molar-refractivity contribution in [3.05, 3.63) is 0 Å². The number of urea groups is 1. The Balaban J connectivity index is 1.51. The van der Waals surface area contributed by atoms with Crippen molar-refractivity contribution in [2.24, 2.45) is 5.10 Å². The fourth-order valence-corrected chi connectivity index (χ4v) is 3.59. The molecular weight excluding hydrogens is 416 g/mol. The lowest BCUT2D eigenvalue weighted by molar-refractivity contribution is -0.132. The second-order valence-electron chi connectivity index (χ2n) is 6.36. The van der Waals surface area contributed by atoms with Crippen LogP contribution in [0.2, 0.25) is 0 Å². The first-order valence-electron chi connectivity index (χ1n) is 8.50. The molecule has 3 rings (SSSR count). The summed E-state index contributed by atoms with van der Waals surface area (Å²) in [5, 5.41) is 14.6. The summed E-state index contributed by atoms with van der Waals surface area (Å²) in [6.07, 6.45) is 0.671. The molecular formula is C12H20N8O8S. The van der Waals surface area contributed by atoms with Crippen LogP contribution in [-0.2, 0) is 24.3 Å². The standard InChI is InChI=1S/C12H20N8O8S/c21-4-3-9-13-16-17-19(9)6-10(22)14-15-11(23)8-2-1-7-5-18(8)12(24)20(7)28-29(25,26)27/h7-8,16-17,21H,1-6H2,(H,14,22)(H,15,23)(H,25,26,27). The molecule has 3 heterocycles. The van der Waals surface area contributed by atoms with E-state index in [-0.39, 0.29) is 39.0 Å². The minimum atomic E-state index is -4.88. The van der Waals surface area contributed by atoms with Gasteiger partial charge in [-0.1, -0.05) is 0 Å². The molecule has 2 unspecified atom stereocenters. The second kappa shape index (κ2) is 8.33. The van der Waals surface area contributed by atoms with Crippen molar-refractivity contribution in [2.45, 2.75) is 31.3 Å². The number of nitrogens with zero attached hydrogens (tertiary/aromatic N) is 4. The van der Waals surface area contributed by atoms with E-state index < -0.39 is 40.3 Å². The van der Waals surface area contributed by atoms with E-state index in [1.807, 2.05) is 0 Å². The van der Waals surface area contributed by atoms with Crippen LogP contribution < -0.4 is 21.9 Å². The number of carbonyl (C=O) groups excluding carboxylic acids is 3. The predicted molar refractivity (Wildman–Crippen MR) is 91.8 cm³/mol. The van der Waals surface area contributed by atoms with E-state index >= 15 is 0 Å². The molecule has 0 aliphatic carbocycles. The molecule has 2 saturated heterocycles. The molecule has 162 valence electrons. The molecule has 0 aromatic heterocycles. The third kappa shape index (κ3) is 4.82. The third-order valence-corrected chi connectivity index (χ3v) is 4.79. The first-order valence-corrected chi connectivity index (χ1v) is 9.87. The van der Waals surface area contributed by atoms with E-state index in [1.54, 1.807) is 0 Å². The quantitative estimate of drug-likeness (QED) is 0.168. The molecule has 0 radical (unpaired) electrons. The molecule has 0 aromatic rings. The number of aliphatic hydroxyl groups is 1. The molecule has 3 aliphatic rings. The van der Waals surface area contributed by atoms with Crippen molar-refractivity contribution in [1.82, 2.24) is 36.9 Å². The molecule has 17 heteroatoms. The highest BCUT2D eigenvalue weighted by molar-refractivity contribution is 7.80. The second-order valence-corrected chi connectivity index (χ2v) is 7.36. The summed E-state index contributed by atoms with van der Waals surface area (Å²) < 4.78 is 34.8. The summed E-state index contributed by atoms with van der Waals surface area (Å²) in [6, 6.07) is -2.46. The van der Waals surface area contributed by atoms with Gasteiger partial charge in [-0.05, 0) is 12.8 Å². The maximum absolute atomic E-state index is 12.4. The van der Waals surface area contributed by atoms with Gasteiger partial charge in [0.1, 0.15) is 18.4 Å². The minimum Gasteiger partial charge on any atom is -0.396 e. The molecule has 2 bridgehead atoms. The van der Waals surface area contributed by atoms with E-state index in [4.69, 9.17) is 9.66 Å². The van der Waals surface area contributed by atoms with Gasteiger partial charge in [0, 0.05) is 13.0 Å². The molecule has 4 amide bonds. The number of amidine groups is 1. The molecule has 2 atom stereocenters. The van der Waals surface area contributed by atoms with E-state index in [2.05, 4.69) is 31.3 Å². The van der Waals surface area contributed by atoms with Gasteiger partial charge in [-0.25, -0.2) is 10.3 Å². The highest BCUT2D eigenvalue weighted by Gasteiger charge is 2.49. The zero-order chi connectivity index (χ0) is 21.2. The number of rotatable bonds is 7. The van der Waals surface area contributed by atoms with Gasteiger partial charge in [0.2, 0.25) is 0 Å². The van der Waals surface area contributed by atoms with Gasteiger partial charge in [-0.15, -0.1) is 14.9 Å². The molecule has 3 aliphatic heterocycles. The van der Waals surface area contributed by atoms with E-state index in [0.29, 0.717) is 10.9 Å². The summed E-state index contributed by atoms with van der Waals surface area (Å²) in [7, 11) is -4.88. The van der Waals surface area contributed by atoms with Gasteiger partial charge < -0.3 is 10.0 Å². The Hall–Kier alpha value is -2.73. The molecule has 0 saturated carbocycles. The largest absolute Gasteiger partial charge is 0.418 e. The van der Waals surface area contributed by atoms with Gasteiger partial charge in [-0.2, -0.15) is 13.5 Å². The number of amides is 4. The van der Waals surface area contributed by atoms with E-state index in [1.165, 1.54) is 5.01 Å². The van der Waals surface area contributed by atoms with Gasteiger partial charge in [0.25, 0.3) is 11.8 Å². The van der Waals surface area contributed by atoms with Crippen LogP contribution in [0.4, 0.5) is 4.79 Å². The Morgan fingerprint density at radius 1 is 1.31 bits per heavy atom. The van der Waals surface area contributed by atoms with Crippen molar-refractivity contribution in [3.8, 4) is 0 Å². The smallest absolute Gasteiger partial charge is 0.396 e. The molecule has 29 heavy (non-hydrogen) atoms. The zero-order valence-corrected chi connectivity index (χ0v) is 15.8. The fraction of sp³-hybridized carbons (Fsp3) is 0.667. The number of carbonyl (C=O) groups is 3. The Bertz CT molecular complexity index is 819. The van der Waals surface area contributed by atoms with Crippen LogP contribution in [-0.4, -0.2) is 88.5 Å².